The zero-order valence-electron chi connectivity index (χ0n) is 14.6. The summed E-state index contributed by atoms with van der Waals surface area (Å²) in [6, 6.07) is 0. The third-order valence-corrected chi connectivity index (χ3v) is 4.96. The molecule has 0 unspecified atom stereocenters. The molecule has 8 nitrogen and oxygen atoms in total. The fourth-order valence-electron chi connectivity index (χ4n) is 3.79. The van der Waals surface area contributed by atoms with Gasteiger partial charge in [0, 0.05) is 19.0 Å². The number of imidazole rings is 1. The lowest BCUT2D eigenvalue weighted by Crippen LogP contribution is -2.40. The van der Waals surface area contributed by atoms with Crippen molar-refractivity contribution in [2.24, 2.45) is 5.92 Å². The van der Waals surface area contributed by atoms with Crippen molar-refractivity contribution in [1.82, 2.24) is 19.1 Å². The van der Waals surface area contributed by atoms with Crippen LogP contribution in [-0.4, -0.2) is 30.2 Å². The minimum absolute atomic E-state index is 0.242. The molecule has 2 aromatic heterocycles. The zero-order chi connectivity index (χ0) is 18.1. The van der Waals surface area contributed by atoms with E-state index in [1.807, 2.05) is 13.8 Å². The van der Waals surface area contributed by atoms with Gasteiger partial charge in [-0.15, -0.1) is 0 Å². The van der Waals surface area contributed by atoms with Crippen LogP contribution < -0.4 is 11.2 Å². The predicted molar refractivity (Wildman–Crippen MR) is 92.9 cm³/mol. The van der Waals surface area contributed by atoms with E-state index in [0.29, 0.717) is 42.9 Å². The number of aliphatic carboxylic acids is 1. The van der Waals surface area contributed by atoms with Crippen molar-refractivity contribution in [1.29, 1.82) is 0 Å². The van der Waals surface area contributed by atoms with Crippen LogP contribution in [-0.2, 0) is 17.9 Å². The van der Waals surface area contributed by atoms with E-state index >= 15 is 0 Å². The molecule has 0 aromatic carbocycles. The van der Waals surface area contributed by atoms with Crippen molar-refractivity contribution in [3.8, 4) is 0 Å². The van der Waals surface area contributed by atoms with E-state index in [-0.39, 0.29) is 17.2 Å². The van der Waals surface area contributed by atoms with Crippen LogP contribution in [0.25, 0.3) is 11.2 Å². The van der Waals surface area contributed by atoms with Crippen LogP contribution in [0.2, 0.25) is 0 Å². The highest BCUT2D eigenvalue weighted by atomic mass is 16.4. The average Bonchev–Trinajstić information content (AvgIpc) is 3.22. The van der Waals surface area contributed by atoms with Crippen LogP contribution in [0.15, 0.2) is 9.59 Å². The molecular weight excluding hydrogens is 324 g/mol. The van der Waals surface area contributed by atoms with Crippen LogP contribution in [0.5, 0.6) is 0 Å². The summed E-state index contributed by atoms with van der Waals surface area (Å²) in [6.07, 6.45) is 3.57. The van der Waals surface area contributed by atoms with E-state index in [4.69, 9.17) is 0 Å². The standard InChI is InChI=1S/C17H24N4O4/c1-3-8-20-14-12(15(22)21(9-4-2)17(20)25)18-13(19-14)10-6-5-7-11(10)16(23)24/h10-11H,3-9H2,1-2H3,(H,18,19)(H,23,24)/t10-,11-/m0/s1. The van der Waals surface area contributed by atoms with E-state index in [1.54, 1.807) is 0 Å². The first-order valence-electron chi connectivity index (χ1n) is 8.95. The van der Waals surface area contributed by atoms with Gasteiger partial charge in [0.2, 0.25) is 0 Å². The number of carboxylic acid groups (broad SMARTS) is 1. The normalized spacial score (nSPS) is 20.4. The van der Waals surface area contributed by atoms with E-state index in [1.165, 1.54) is 9.13 Å². The SMILES string of the molecule is CCCn1c(=O)c2[nH]c([C@H]3CCC[C@@H]3C(=O)O)nc2n(CCC)c1=O. The predicted octanol–water partition coefficient (Wildman–Crippen LogP) is 1.67. The smallest absolute Gasteiger partial charge is 0.332 e. The third-order valence-electron chi connectivity index (χ3n) is 4.96. The molecule has 1 fully saturated rings. The average molecular weight is 348 g/mol. The highest BCUT2D eigenvalue weighted by Crippen LogP contribution is 2.38. The maximum atomic E-state index is 12.7. The molecule has 25 heavy (non-hydrogen) atoms. The summed E-state index contributed by atoms with van der Waals surface area (Å²) in [6.45, 7) is 4.69. The number of nitrogens with one attached hydrogen (secondary N) is 1. The molecule has 1 aliphatic rings. The molecule has 0 spiro atoms. The fourth-order valence-corrected chi connectivity index (χ4v) is 3.79. The lowest BCUT2D eigenvalue weighted by Gasteiger charge is -2.12. The summed E-state index contributed by atoms with van der Waals surface area (Å²) in [5, 5.41) is 9.41. The number of rotatable bonds is 6. The number of hydrogen-bond donors (Lipinski definition) is 2. The molecule has 2 aromatic rings. The van der Waals surface area contributed by atoms with Crippen molar-refractivity contribution in [2.45, 2.75) is 65.0 Å². The molecule has 2 heterocycles. The Kier molecular flexibility index (Phi) is 4.78. The minimum atomic E-state index is -0.836. The molecule has 2 N–H and O–H groups in total. The van der Waals surface area contributed by atoms with Gasteiger partial charge >= 0.3 is 11.7 Å². The Balaban J connectivity index is 2.21. The van der Waals surface area contributed by atoms with Gasteiger partial charge in [0.15, 0.2) is 5.65 Å². The molecule has 2 atom stereocenters. The van der Waals surface area contributed by atoms with E-state index in [0.717, 1.165) is 19.3 Å². The zero-order valence-corrected chi connectivity index (χ0v) is 14.6. The maximum absolute atomic E-state index is 12.7. The number of nitrogens with zero attached hydrogens (tertiary/aromatic N) is 3. The van der Waals surface area contributed by atoms with Crippen LogP contribution in [0.1, 0.15) is 57.7 Å². The first-order valence-corrected chi connectivity index (χ1v) is 8.95. The molecule has 136 valence electrons. The van der Waals surface area contributed by atoms with Gasteiger partial charge in [0.25, 0.3) is 5.56 Å². The lowest BCUT2D eigenvalue weighted by atomic mass is 9.96. The highest BCUT2D eigenvalue weighted by Gasteiger charge is 2.36. The molecule has 0 radical (unpaired) electrons. The number of aromatic nitrogens is 4. The summed E-state index contributed by atoms with van der Waals surface area (Å²) in [5.74, 6) is -1.06. The largest absolute Gasteiger partial charge is 0.481 e. The van der Waals surface area contributed by atoms with Gasteiger partial charge in [0.05, 0.1) is 5.92 Å². The number of carboxylic acids is 1. The molecule has 8 heteroatoms. The minimum Gasteiger partial charge on any atom is -0.481 e. The molecule has 0 aliphatic heterocycles. The Labute approximate surface area is 144 Å². The summed E-state index contributed by atoms with van der Waals surface area (Å²) < 4.78 is 2.76. The number of H-pyrrole nitrogens is 1. The van der Waals surface area contributed by atoms with Crippen molar-refractivity contribution in [2.75, 3.05) is 0 Å². The Morgan fingerprint density at radius 2 is 1.88 bits per heavy atom. The fraction of sp³-hybridized carbons (Fsp3) is 0.647. The van der Waals surface area contributed by atoms with Crippen LogP contribution in [0.3, 0.4) is 0 Å². The molecule has 1 saturated carbocycles. The van der Waals surface area contributed by atoms with Gasteiger partial charge in [-0.05, 0) is 25.7 Å². The van der Waals surface area contributed by atoms with Gasteiger partial charge in [-0.1, -0.05) is 20.3 Å². The second-order valence-corrected chi connectivity index (χ2v) is 6.69. The topological polar surface area (TPSA) is 110 Å². The number of aryl methyl sites for hydroxylation is 1. The van der Waals surface area contributed by atoms with E-state index < -0.39 is 11.9 Å². The van der Waals surface area contributed by atoms with E-state index in [2.05, 4.69) is 9.97 Å². The second-order valence-electron chi connectivity index (χ2n) is 6.69. The molecule has 0 bridgehead atoms. The van der Waals surface area contributed by atoms with Crippen LogP contribution in [0, 0.1) is 5.92 Å². The Morgan fingerprint density at radius 1 is 1.20 bits per heavy atom. The summed E-state index contributed by atoms with van der Waals surface area (Å²) in [7, 11) is 0. The molecule has 1 aliphatic carbocycles. The Bertz CT molecular complexity index is 908. The lowest BCUT2D eigenvalue weighted by molar-refractivity contribution is -0.142. The van der Waals surface area contributed by atoms with Crippen molar-refractivity contribution < 1.29 is 9.90 Å². The molecule has 0 amide bonds. The van der Waals surface area contributed by atoms with Crippen molar-refractivity contribution >= 4 is 17.1 Å². The number of aromatic amines is 1. The first kappa shape index (κ1) is 17.4. The van der Waals surface area contributed by atoms with E-state index in [9.17, 15) is 19.5 Å². The number of fused-ring (bicyclic) bond motifs is 1. The first-order chi connectivity index (χ1) is 12.0. The molecular formula is C17H24N4O4. The number of hydrogen-bond acceptors (Lipinski definition) is 4. The van der Waals surface area contributed by atoms with Crippen LogP contribution >= 0.6 is 0 Å². The summed E-state index contributed by atoms with van der Waals surface area (Å²) in [5.41, 5.74) is -0.0823. The third kappa shape index (κ3) is 2.89. The Hall–Kier alpha value is -2.38. The van der Waals surface area contributed by atoms with Gasteiger partial charge < -0.3 is 10.1 Å². The van der Waals surface area contributed by atoms with Crippen LogP contribution in [0.4, 0.5) is 0 Å². The Morgan fingerprint density at radius 3 is 2.52 bits per heavy atom. The summed E-state index contributed by atoms with van der Waals surface area (Å²) in [4.78, 5) is 44.4. The maximum Gasteiger partial charge on any atom is 0.332 e. The van der Waals surface area contributed by atoms with Gasteiger partial charge in [-0.2, -0.15) is 0 Å². The highest BCUT2D eigenvalue weighted by molar-refractivity contribution is 5.73. The molecule has 0 saturated heterocycles. The van der Waals surface area contributed by atoms with Gasteiger partial charge in [-0.3, -0.25) is 18.7 Å². The second kappa shape index (κ2) is 6.85. The monoisotopic (exact) mass is 348 g/mol. The van der Waals surface area contributed by atoms with Gasteiger partial charge in [-0.25, -0.2) is 9.78 Å². The molecule has 3 rings (SSSR count). The number of carbonyl (C=O) groups is 1. The van der Waals surface area contributed by atoms with Crippen molar-refractivity contribution in [3.05, 3.63) is 26.7 Å². The summed E-state index contributed by atoms with van der Waals surface area (Å²) >= 11 is 0. The quantitative estimate of drug-likeness (QED) is 0.825. The van der Waals surface area contributed by atoms with Crippen molar-refractivity contribution in [3.63, 3.8) is 0 Å². The van der Waals surface area contributed by atoms with Gasteiger partial charge in [0.1, 0.15) is 11.3 Å².